The van der Waals surface area contributed by atoms with Gasteiger partial charge in [-0.2, -0.15) is 26.3 Å². The van der Waals surface area contributed by atoms with Crippen LogP contribution in [0.15, 0.2) is 55.2 Å². The first-order valence-corrected chi connectivity index (χ1v) is 7.87. The number of aromatic nitrogens is 3. The number of amides is 1. The van der Waals surface area contributed by atoms with Crippen LogP contribution >= 0.6 is 0 Å². The van der Waals surface area contributed by atoms with E-state index in [-0.39, 0.29) is 16.9 Å². The fourth-order valence-electron chi connectivity index (χ4n) is 2.44. The molecule has 0 bridgehead atoms. The van der Waals surface area contributed by atoms with Gasteiger partial charge in [0.1, 0.15) is 12.1 Å². The van der Waals surface area contributed by atoms with E-state index >= 15 is 0 Å². The highest BCUT2D eigenvalue weighted by molar-refractivity contribution is 6.03. The van der Waals surface area contributed by atoms with Gasteiger partial charge in [0.2, 0.25) is 0 Å². The van der Waals surface area contributed by atoms with Gasteiger partial charge < -0.3 is 5.32 Å². The summed E-state index contributed by atoms with van der Waals surface area (Å²) in [5, 5.41) is 2.39. The third-order valence-corrected chi connectivity index (χ3v) is 3.79. The van der Waals surface area contributed by atoms with Crippen LogP contribution in [0.4, 0.5) is 32.2 Å². The number of benzene rings is 1. The number of halogens is 6. The fourth-order valence-corrected chi connectivity index (χ4v) is 2.44. The van der Waals surface area contributed by atoms with Crippen molar-refractivity contribution in [2.75, 3.05) is 5.32 Å². The minimum Gasteiger partial charge on any atom is -0.306 e. The van der Waals surface area contributed by atoms with Crippen molar-refractivity contribution < 1.29 is 31.1 Å². The van der Waals surface area contributed by atoms with Crippen molar-refractivity contribution in [3.05, 3.63) is 71.9 Å². The lowest BCUT2D eigenvalue weighted by atomic mass is 9.97. The molecular formula is C18H10F6N4O. The number of rotatable bonds is 3. The number of carbonyl (C=O) groups excluding carboxylic acids is 1. The number of hydrogen-bond donors (Lipinski definition) is 1. The van der Waals surface area contributed by atoms with Gasteiger partial charge in [0.05, 0.1) is 16.7 Å². The molecule has 3 aromatic rings. The second-order valence-corrected chi connectivity index (χ2v) is 5.77. The molecule has 5 nitrogen and oxygen atoms in total. The topological polar surface area (TPSA) is 67.8 Å². The van der Waals surface area contributed by atoms with E-state index in [2.05, 4.69) is 20.3 Å². The van der Waals surface area contributed by atoms with Crippen LogP contribution in [0.25, 0.3) is 11.1 Å². The maximum Gasteiger partial charge on any atom is 0.417 e. The molecule has 11 heteroatoms. The normalized spacial score (nSPS) is 11.9. The number of anilines is 1. The minimum atomic E-state index is -4.86. The van der Waals surface area contributed by atoms with Crippen LogP contribution in [0, 0.1) is 0 Å². The summed E-state index contributed by atoms with van der Waals surface area (Å²) in [6.45, 7) is 0. The van der Waals surface area contributed by atoms with Crippen molar-refractivity contribution in [3.63, 3.8) is 0 Å². The van der Waals surface area contributed by atoms with E-state index in [4.69, 9.17) is 0 Å². The van der Waals surface area contributed by atoms with Crippen molar-refractivity contribution in [1.29, 1.82) is 0 Å². The fraction of sp³-hybridized carbons (Fsp3) is 0.111. The van der Waals surface area contributed by atoms with Crippen molar-refractivity contribution in [2.45, 2.75) is 12.4 Å². The van der Waals surface area contributed by atoms with Crippen LogP contribution in [0.5, 0.6) is 0 Å². The average Bonchev–Trinajstić information content (AvgIpc) is 2.67. The van der Waals surface area contributed by atoms with Crippen LogP contribution in [-0.4, -0.2) is 20.9 Å². The zero-order chi connectivity index (χ0) is 21.2. The van der Waals surface area contributed by atoms with Gasteiger partial charge in [-0.15, -0.1) is 0 Å². The van der Waals surface area contributed by atoms with Gasteiger partial charge in [0.15, 0.2) is 0 Å². The SMILES string of the molecule is O=C(Nc1ccc(-c2cc(C(F)(F)F)ccc2C(F)(F)F)cn1)c1cncnc1. The number of carbonyl (C=O) groups is 1. The van der Waals surface area contributed by atoms with E-state index in [0.29, 0.717) is 18.2 Å². The summed E-state index contributed by atoms with van der Waals surface area (Å²) >= 11 is 0. The van der Waals surface area contributed by atoms with Crippen molar-refractivity contribution in [1.82, 2.24) is 15.0 Å². The molecule has 0 aliphatic carbocycles. The van der Waals surface area contributed by atoms with E-state index in [1.54, 1.807) is 0 Å². The zero-order valence-corrected chi connectivity index (χ0v) is 14.2. The summed E-state index contributed by atoms with van der Waals surface area (Å²) in [5.41, 5.74) is -3.19. The van der Waals surface area contributed by atoms with E-state index in [9.17, 15) is 31.1 Å². The van der Waals surface area contributed by atoms with Gasteiger partial charge in [-0.25, -0.2) is 15.0 Å². The van der Waals surface area contributed by atoms with Gasteiger partial charge in [0.25, 0.3) is 5.91 Å². The summed E-state index contributed by atoms with van der Waals surface area (Å²) in [6.07, 6.45) is -5.01. The summed E-state index contributed by atoms with van der Waals surface area (Å²) in [4.78, 5) is 23.2. The molecule has 1 aromatic carbocycles. The molecule has 0 unspecified atom stereocenters. The van der Waals surface area contributed by atoms with E-state index < -0.39 is 35.0 Å². The quantitative estimate of drug-likeness (QED) is 0.626. The summed E-state index contributed by atoms with van der Waals surface area (Å²) in [7, 11) is 0. The molecular weight excluding hydrogens is 402 g/mol. The summed E-state index contributed by atoms with van der Waals surface area (Å²) in [5.74, 6) is -0.621. The molecule has 2 aromatic heterocycles. The number of pyridine rings is 1. The molecule has 0 atom stereocenters. The molecule has 1 N–H and O–H groups in total. The van der Waals surface area contributed by atoms with Crippen LogP contribution in [-0.2, 0) is 12.4 Å². The Kier molecular flexibility index (Phi) is 5.23. The van der Waals surface area contributed by atoms with E-state index in [1.165, 1.54) is 24.8 Å². The van der Waals surface area contributed by atoms with Gasteiger partial charge >= 0.3 is 12.4 Å². The van der Waals surface area contributed by atoms with Crippen molar-refractivity contribution >= 4 is 11.7 Å². The lowest BCUT2D eigenvalue weighted by Crippen LogP contribution is -2.13. The molecule has 3 rings (SSSR count). The molecule has 0 saturated heterocycles. The summed E-state index contributed by atoms with van der Waals surface area (Å²) in [6, 6.07) is 3.48. The lowest BCUT2D eigenvalue weighted by Gasteiger charge is -2.16. The average molecular weight is 412 g/mol. The maximum atomic E-state index is 13.2. The Hall–Kier alpha value is -3.50. The first-order chi connectivity index (χ1) is 13.6. The zero-order valence-electron chi connectivity index (χ0n) is 14.2. The van der Waals surface area contributed by atoms with E-state index in [1.807, 2.05) is 0 Å². The number of hydrogen-bond acceptors (Lipinski definition) is 4. The lowest BCUT2D eigenvalue weighted by molar-refractivity contribution is -0.141. The Labute approximate surface area is 159 Å². The summed E-state index contributed by atoms with van der Waals surface area (Å²) < 4.78 is 78.5. The van der Waals surface area contributed by atoms with Gasteiger partial charge in [-0.1, -0.05) is 0 Å². The smallest absolute Gasteiger partial charge is 0.306 e. The molecule has 150 valence electrons. The highest BCUT2D eigenvalue weighted by Gasteiger charge is 2.37. The van der Waals surface area contributed by atoms with Crippen LogP contribution in [0.1, 0.15) is 21.5 Å². The Morgan fingerprint density at radius 1 is 0.862 bits per heavy atom. The molecule has 0 saturated carbocycles. The molecule has 29 heavy (non-hydrogen) atoms. The standard InChI is InChI=1S/C18H10F6N4O/c19-17(20,21)12-2-3-14(18(22,23)24)13(5-12)10-1-4-15(27-8-10)28-16(29)11-6-25-9-26-7-11/h1-9H,(H,27,28,29). The third kappa shape index (κ3) is 4.68. The Balaban J connectivity index is 1.93. The highest BCUT2D eigenvalue weighted by atomic mass is 19.4. The monoisotopic (exact) mass is 412 g/mol. The first-order valence-electron chi connectivity index (χ1n) is 7.87. The Morgan fingerprint density at radius 3 is 2.10 bits per heavy atom. The van der Waals surface area contributed by atoms with Crippen molar-refractivity contribution in [2.24, 2.45) is 0 Å². The minimum absolute atomic E-state index is 0.0110. The maximum absolute atomic E-state index is 13.2. The van der Waals surface area contributed by atoms with Gasteiger partial charge in [-0.05, 0) is 35.9 Å². The van der Waals surface area contributed by atoms with Gasteiger partial charge in [0, 0.05) is 24.2 Å². The highest BCUT2D eigenvalue weighted by Crippen LogP contribution is 2.40. The molecule has 0 aliphatic heterocycles. The largest absolute Gasteiger partial charge is 0.417 e. The number of nitrogens with zero attached hydrogens (tertiary/aromatic N) is 3. The van der Waals surface area contributed by atoms with E-state index in [0.717, 1.165) is 12.3 Å². The van der Waals surface area contributed by atoms with Gasteiger partial charge in [-0.3, -0.25) is 4.79 Å². The second-order valence-electron chi connectivity index (χ2n) is 5.77. The molecule has 0 spiro atoms. The Morgan fingerprint density at radius 2 is 1.55 bits per heavy atom. The molecule has 0 radical (unpaired) electrons. The number of alkyl halides is 6. The third-order valence-electron chi connectivity index (χ3n) is 3.79. The number of nitrogens with one attached hydrogen (secondary N) is 1. The molecule has 2 heterocycles. The Bertz CT molecular complexity index is 1020. The van der Waals surface area contributed by atoms with Crippen LogP contribution < -0.4 is 5.32 Å². The van der Waals surface area contributed by atoms with Crippen molar-refractivity contribution in [3.8, 4) is 11.1 Å². The first kappa shape index (κ1) is 20.2. The molecule has 0 aliphatic rings. The molecule has 1 amide bonds. The second kappa shape index (κ2) is 7.49. The predicted molar refractivity (Wildman–Crippen MR) is 89.7 cm³/mol. The molecule has 0 fully saturated rings. The van der Waals surface area contributed by atoms with Crippen LogP contribution in [0.2, 0.25) is 0 Å². The van der Waals surface area contributed by atoms with Crippen LogP contribution in [0.3, 0.4) is 0 Å². The predicted octanol–water partition coefficient (Wildman–Crippen LogP) is 4.83.